The van der Waals surface area contributed by atoms with Crippen molar-refractivity contribution in [3.8, 4) is 22.5 Å². The molecule has 0 saturated carbocycles. The van der Waals surface area contributed by atoms with Gasteiger partial charge in [-0.1, -0.05) is 0 Å². The van der Waals surface area contributed by atoms with E-state index in [1.165, 1.54) is 30.0 Å². The smallest absolute Gasteiger partial charge is 0.382 e. The minimum absolute atomic E-state index is 0.0704. The summed E-state index contributed by atoms with van der Waals surface area (Å²) in [6, 6.07) is 4.52. The van der Waals surface area contributed by atoms with Crippen LogP contribution in [0.4, 0.5) is 24.7 Å². The summed E-state index contributed by atoms with van der Waals surface area (Å²) in [5, 5.41) is 8.14. The number of nitrogens with two attached hydrogens (primary N) is 1. The maximum absolute atomic E-state index is 13.5. The number of amides is 2. The molecule has 1 atom stereocenters. The number of pyridine rings is 1. The van der Waals surface area contributed by atoms with E-state index >= 15 is 0 Å². The Morgan fingerprint density at radius 2 is 1.92 bits per heavy atom. The van der Waals surface area contributed by atoms with Crippen LogP contribution in [0.2, 0.25) is 0 Å². The van der Waals surface area contributed by atoms with Gasteiger partial charge in [0.2, 0.25) is 5.91 Å². The molecule has 0 spiro atoms. The summed E-state index contributed by atoms with van der Waals surface area (Å²) in [5.74, 6) is -0.388. The fraction of sp³-hybridized carbons (Fsp3) is 0.360. The molecule has 1 aliphatic heterocycles. The molecule has 0 aliphatic carbocycles. The van der Waals surface area contributed by atoms with E-state index in [9.17, 15) is 22.8 Å². The van der Waals surface area contributed by atoms with Gasteiger partial charge in [-0.15, -0.1) is 0 Å². The number of nitrogen functional groups attached to an aromatic ring is 1. The van der Waals surface area contributed by atoms with Crippen LogP contribution in [0.3, 0.4) is 0 Å². The van der Waals surface area contributed by atoms with Crippen molar-refractivity contribution in [2.45, 2.75) is 52.0 Å². The number of piperazine rings is 1. The lowest BCUT2D eigenvalue weighted by Gasteiger charge is -2.48. The van der Waals surface area contributed by atoms with Crippen molar-refractivity contribution in [1.82, 2.24) is 34.3 Å². The quantitative estimate of drug-likeness (QED) is 0.420. The average Bonchev–Trinajstić information content (AvgIpc) is 3.45. The zero-order valence-electron chi connectivity index (χ0n) is 21.6. The second-order valence-corrected chi connectivity index (χ2v) is 9.98. The highest BCUT2D eigenvalue weighted by molar-refractivity contribution is 6.03. The van der Waals surface area contributed by atoms with Crippen LogP contribution >= 0.6 is 0 Å². The van der Waals surface area contributed by atoms with E-state index in [0.717, 1.165) is 4.68 Å². The summed E-state index contributed by atoms with van der Waals surface area (Å²) < 4.78 is 41.9. The van der Waals surface area contributed by atoms with Crippen LogP contribution < -0.4 is 10.6 Å². The van der Waals surface area contributed by atoms with Gasteiger partial charge >= 0.3 is 6.18 Å². The topological polar surface area (TPSA) is 128 Å². The summed E-state index contributed by atoms with van der Waals surface area (Å²) >= 11 is 0. The molecule has 2 N–H and O–H groups in total. The number of alkyl halides is 3. The first-order chi connectivity index (χ1) is 18.3. The first-order valence-corrected chi connectivity index (χ1v) is 12.1. The lowest BCUT2D eigenvalue weighted by atomic mass is 9.94. The van der Waals surface area contributed by atoms with E-state index in [1.54, 1.807) is 48.2 Å². The standard InChI is InChI=1S/C25H26F3N9O2/c1-14-11-34(15(2)38)24(3,4)23(39)36(14)17-7-16(9-30-10-17)20-8-18(21-22(29)31-13-33-37(20)21)19-5-6-32-35(19)12-25(26,27)28/h5-10,13-14H,11-12H2,1-4H3,(H2,29,31,33)/t14-/m0/s1. The molecule has 1 aliphatic rings. The van der Waals surface area contributed by atoms with Crippen LogP contribution in [0.1, 0.15) is 27.7 Å². The van der Waals surface area contributed by atoms with Crippen molar-refractivity contribution in [2.75, 3.05) is 17.2 Å². The molecular formula is C25H26F3N9O2. The van der Waals surface area contributed by atoms with Gasteiger partial charge in [0.15, 0.2) is 5.82 Å². The first-order valence-electron chi connectivity index (χ1n) is 12.1. The lowest BCUT2D eigenvalue weighted by Crippen LogP contribution is -2.67. The maximum atomic E-state index is 13.5. The van der Waals surface area contributed by atoms with Crippen LogP contribution in [0, 0.1) is 0 Å². The Labute approximate surface area is 221 Å². The largest absolute Gasteiger partial charge is 0.408 e. The fourth-order valence-corrected chi connectivity index (χ4v) is 5.10. The van der Waals surface area contributed by atoms with Gasteiger partial charge in [0, 0.05) is 37.0 Å². The van der Waals surface area contributed by atoms with Crippen molar-refractivity contribution in [3.63, 3.8) is 0 Å². The Morgan fingerprint density at radius 1 is 1.18 bits per heavy atom. The van der Waals surface area contributed by atoms with Gasteiger partial charge in [0.05, 0.1) is 29.3 Å². The number of nitrogens with zero attached hydrogens (tertiary/aromatic N) is 8. The van der Waals surface area contributed by atoms with Gasteiger partial charge in [0.25, 0.3) is 5.91 Å². The highest BCUT2D eigenvalue weighted by Gasteiger charge is 2.46. The summed E-state index contributed by atoms with van der Waals surface area (Å²) in [6.07, 6.45) is 1.15. The van der Waals surface area contributed by atoms with Gasteiger partial charge in [-0.05, 0) is 39.0 Å². The summed E-state index contributed by atoms with van der Waals surface area (Å²) in [5.41, 5.74) is 7.46. The molecule has 2 amide bonds. The minimum Gasteiger partial charge on any atom is -0.382 e. The molecule has 0 unspecified atom stereocenters. The third-order valence-electron chi connectivity index (χ3n) is 6.89. The molecule has 4 aromatic heterocycles. The molecule has 4 aromatic rings. The summed E-state index contributed by atoms with van der Waals surface area (Å²) in [4.78, 5) is 37.3. The van der Waals surface area contributed by atoms with E-state index in [1.807, 2.05) is 6.92 Å². The Bertz CT molecular complexity index is 1590. The highest BCUT2D eigenvalue weighted by atomic mass is 19.4. The SMILES string of the molecule is CC(=O)N1C[C@H](C)N(c2cncc(-c3cc(-c4ccnn4CC(F)(F)F)c4c(N)ncnn34)c2)C(=O)C1(C)C. The number of halogens is 3. The van der Waals surface area contributed by atoms with Gasteiger partial charge < -0.3 is 15.5 Å². The molecule has 0 bridgehead atoms. The van der Waals surface area contributed by atoms with E-state index in [0.29, 0.717) is 34.6 Å². The van der Waals surface area contributed by atoms with E-state index in [2.05, 4.69) is 20.2 Å². The predicted octanol–water partition coefficient (Wildman–Crippen LogP) is 3.16. The predicted molar refractivity (Wildman–Crippen MR) is 136 cm³/mol. The number of hydrogen-bond donors (Lipinski definition) is 1. The second kappa shape index (κ2) is 9.06. The molecule has 14 heteroatoms. The van der Waals surface area contributed by atoms with E-state index < -0.39 is 18.3 Å². The monoisotopic (exact) mass is 541 g/mol. The van der Waals surface area contributed by atoms with Crippen LogP contribution in [-0.2, 0) is 16.1 Å². The summed E-state index contributed by atoms with van der Waals surface area (Å²) in [7, 11) is 0. The molecule has 1 fully saturated rings. The Kier molecular flexibility index (Phi) is 6.07. The Hall–Kier alpha value is -4.49. The molecule has 1 saturated heterocycles. The van der Waals surface area contributed by atoms with Crippen molar-refractivity contribution < 1.29 is 22.8 Å². The van der Waals surface area contributed by atoms with Crippen LogP contribution in [0.25, 0.3) is 28.0 Å². The molecule has 0 aromatic carbocycles. The Balaban J connectivity index is 1.62. The zero-order valence-corrected chi connectivity index (χ0v) is 21.6. The van der Waals surface area contributed by atoms with Gasteiger partial charge in [0.1, 0.15) is 23.9 Å². The molecule has 11 nitrogen and oxygen atoms in total. The highest BCUT2D eigenvalue weighted by Crippen LogP contribution is 2.37. The Morgan fingerprint density at radius 3 is 2.62 bits per heavy atom. The lowest BCUT2D eigenvalue weighted by molar-refractivity contribution is -0.146. The number of anilines is 2. The number of carbonyl (C=O) groups excluding carboxylic acids is 2. The fourth-order valence-electron chi connectivity index (χ4n) is 5.10. The average molecular weight is 542 g/mol. The van der Waals surface area contributed by atoms with E-state index in [-0.39, 0.29) is 29.4 Å². The first kappa shape index (κ1) is 26.1. The number of carbonyl (C=O) groups is 2. The maximum Gasteiger partial charge on any atom is 0.408 e. The number of hydrogen-bond acceptors (Lipinski definition) is 7. The third kappa shape index (κ3) is 4.45. The van der Waals surface area contributed by atoms with Crippen LogP contribution in [0.15, 0.2) is 43.1 Å². The van der Waals surface area contributed by atoms with Gasteiger partial charge in [-0.3, -0.25) is 19.3 Å². The van der Waals surface area contributed by atoms with Crippen LogP contribution in [-0.4, -0.2) is 70.4 Å². The molecule has 204 valence electrons. The van der Waals surface area contributed by atoms with Crippen molar-refractivity contribution in [2.24, 2.45) is 0 Å². The number of aromatic nitrogens is 6. The number of rotatable bonds is 4. The van der Waals surface area contributed by atoms with Gasteiger partial charge in [-0.2, -0.15) is 23.4 Å². The number of fused-ring (bicyclic) bond motifs is 1. The normalized spacial score (nSPS) is 17.7. The van der Waals surface area contributed by atoms with Crippen molar-refractivity contribution in [3.05, 3.63) is 43.1 Å². The van der Waals surface area contributed by atoms with Crippen molar-refractivity contribution >= 4 is 28.8 Å². The molecular weight excluding hydrogens is 515 g/mol. The van der Waals surface area contributed by atoms with Crippen LogP contribution in [0.5, 0.6) is 0 Å². The zero-order chi connectivity index (χ0) is 28.3. The molecule has 5 rings (SSSR count). The molecule has 0 radical (unpaired) electrons. The van der Waals surface area contributed by atoms with Gasteiger partial charge in [-0.25, -0.2) is 9.50 Å². The van der Waals surface area contributed by atoms with Crippen molar-refractivity contribution in [1.29, 1.82) is 0 Å². The van der Waals surface area contributed by atoms with E-state index in [4.69, 9.17) is 5.73 Å². The molecule has 39 heavy (non-hydrogen) atoms. The second-order valence-electron chi connectivity index (χ2n) is 9.98. The molecule has 5 heterocycles. The third-order valence-corrected chi connectivity index (χ3v) is 6.89. The summed E-state index contributed by atoms with van der Waals surface area (Å²) in [6.45, 7) is 5.73. The minimum atomic E-state index is -4.48.